The van der Waals surface area contributed by atoms with Crippen LogP contribution in [0.15, 0.2) is 0 Å². The van der Waals surface area contributed by atoms with E-state index < -0.39 is 0 Å². The van der Waals surface area contributed by atoms with Crippen molar-refractivity contribution in [3.63, 3.8) is 0 Å². The van der Waals surface area contributed by atoms with E-state index in [-0.39, 0.29) is 36.0 Å². The van der Waals surface area contributed by atoms with Crippen molar-refractivity contribution in [2.75, 3.05) is 39.3 Å². The number of ether oxygens (including phenoxy) is 1. The van der Waals surface area contributed by atoms with E-state index in [0.29, 0.717) is 13.1 Å². The number of morpholine rings is 1. The van der Waals surface area contributed by atoms with Gasteiger partial charge in [-0.2, -0.15) is 0 Å². The first kappa shape index (κ1) is 19.2. The predicted octanol–water partition coefficient (Wildman–Crippen LogP) is 1.20. The van der Waals surface area contributed by atoms with Gasteiger partial charge in [0, 0.05) is 46.2 Å². The van der Waals surface area contributed by atoms with Gasteiger partial charge in [-0.15, -0.1) is 0 Å². The van der Waals surface area contributed by atoms with Gasteiger partial charge in [0.15, 0.2) is 0 Å². The van der Waals surface area contributed by atoms with Crippen LogP contribution in [0.4, 0.5) is 0 Å². The molecule has 0 aromatic rings. The molecule has 0 radical (unpaired) electrons. The average molecular weight is 339 g/mol. The number of amides is 2. The molecule has 2 saturated heterocycles. The van der Waals surface area contributed by atoms with Crippen LogP contribution < -0.4 is 0 Å². The summed E-state index contributed by atoms with van der Waals surface area (Å²) in [5.41, 5.74) is 0. The molecule has 2 amide bonds. The van der Waals surface area contributed by atoms with Gasteiger partial charge >= 0.3 is 0 Å². The third-order valence-electron chi connectivity index (χ3n) is 4.98. The van der Waals surface area contributed by atoms with Crippen LogP contribution in [0.5, 0.6) is 0 Å². The van der Waals surface area contributed by atoms with Gasteiger partial charge in [-0.1, -0.05) is 13.8 Å². The second kappa shape index (κ2) is 8.30. The summed E-state index contributed by atoms with van der Waals surface area (Å²) in [6, 6.07) is -0.109. The van der Waals surface area contributed by atoms with Gasteiger partial charge in [-0.25, -0.2) is 0 Å². The SMILES string of the molecule is CC(=O)N1CCCN(C(=O)C(C(C)C)N2CC(C)OC(C)C2)CC1. The standard InChI is InChI=1S/C18H33N3O3/c1-13(2)17(21-11-14(3)24-15(4)12-21)18(23)20-8-6-7-19(9-10-20)16(5)22/h13-15,17H,6-12H2,1-5H3. The van der Waals surface area contributed by atoms with Crippen LogP contribution in [0.3, 0.4) is 0 Å². The van der Waals surface area contributed by atoms with Crippen LogP contribution in [-0.4, -0.2) is 84.0 Å². The first-order valence-electron chi connectivity index (χ1n) is 9.23. The minimum Gasteiger partial charge on any atom is -0.373 e. The molecule has 2 heterocycles. The summed E-state index contributed by atoms with van der Waals surface area (Å²) in [4.78, 5) is 30.9. The number of nitrogens with zero attached hydrogens (tertiary/aromatic N) is 3. The van der Waals surface area contributed by atoms with Crippen LogP contribution in [-0.2, 0) is 14.3 Å². The van der Waals surface area contributed by atoms with Gasteiger partial charge in [-0.3, -0.25) is 14.5 Å². The van der Waals surface area contributed by atoms with E-state index in [4.69, 9.17) is 4.74 Å². The molecule has 0 aromatic carbocycles. The van der Waals surface area contributed by atoms with Crippen molar-refractivity contribution in [1.29, 1.82) is 0 Å². The fraction of sp³-hybridized carbons (Fsp3) is 0.889. The molecule has 138 valence electrons. The highest BCUT2D eigenvalue weighted by Gasteiger charge is 2.36. The zero-order valence-corrected chi connectivity index (χ0v) is 15.8. The van der Waals surface area contributed by atoms with Gasteiger partial charge in [0.2, 0.25) is 11.8 Å². The Morgan fingerprint density at radius 3 is 2.04 bits per heavy atom. The number of hydrogen-bond donors (Lipinski definition) is 0. The first-order chi connectivity index (χ1) is 11.3. The van der Waals surface area contributed by atoms with E-state index in [0.717, 1.165) is 32.6 Å². The van der Waals surface area contributed by atoms with Crippen LogP contribution in [0.25, 0.3) is 0 Å². The zero-order valence-electron chi connectivity index (χ0n) is 15.8. The van der Waals surface area contributed by atoms with Gasteiger partial charge < -0.3 is 14.5 Å². The van der Waals surface area contributed by atoms with Crippen molar-refractivity contribution in [3.05, 3.63) is 0 Å². The lowest BCUT2D eigenvalue weighted by Gasteiger charge is -2.42. The maximum absolute atomic E-state index is 13.2. The van der Waals surface area contributed by atoms with Crippen LogP contribution in [0.1, 0.15) is 41.0 Å². The van der Waals surface area contributed by atoms with E-state index in [1.54, 1.807) is 6.92 Å². The van der Waals surface area contributed by atoms with Gasteiger partial charge in [0.1, 0.15) is 0 Å². The van der Waals surface area contributed by atoms with E-state index in [1.165, 1.54) is 0 Å². The Kier molecular flexibility index (Phi) is 6.63. The second-order valence-corrected chi connectivity index (χ2v) is 7.58. The van der Waals surface area contributed by atoms with Gasteiger partial charge in [0.25, 0.3) is 0 Å². The molecule has 0 spiro atoms. The maximum Gasteiger partial charge on any atom is 0.240 e. The Bertz CT molecular complexity index is 445. The van der Waals surface area contributed by atoms with Crippen molar-refractivity contribution in [2.24, 2.45) is 5.92 Å². The second-order valence-electron chi connectivity index (χ2n) is 7.58. The van der Waals surface area contributed by atoms with Gasteiger partial charge in [-0.05, 0) is 26.2 Å². The molecule has 6 heteroatoms. The van der Waals surface area contributed by atoms with Crippen LogP contribution in [0, 0.1) is 5.92 Å². The molecule has 0 aliphatic carbocycles. The topological polar surface area (TPSA) is 53.1 Å². The molecule has 2 rings (SSSR count). The lowest BCUT2D eigenvalue weighted by atomic mass is 9.99. The Hall–Kier alpha value is -1.14. The van der Waals surface area contributed by atoms with E-state index >= 15 is 0 Å². The molecule has 2 fully saturated rings. The number of hydrogen-bond acceptors (Lipinski definition) is 4. The molecule has 3 atom stereocenters. The van der Waals surface area contributed by atoms with Crippen molar-refractivity contribution in [3.8, 4) is 0 Å². The van der Waals surface area contributed by atoms with Gasteiger partial charge in [0.05, 0.1) is 18.2 Å². The minimum absolute atomic E-state index is 0.0977. The summed E-state index contributed by atoms with van der Waals surface area (Å²) in [6.45, 7) is 14.3. The Balaban J connectivity index is 2.07. The maximum atomic E-state index is 13.2. The molecule has 2 aliphatic rings. The normalized spacial score (nSPS) is 27.9. The summed E-state index contributed by atoms with van der Waals surface area (Å²) < 4.78 is 5.82. The van der Waals surface area contributed by atoms with Crippen molar-refractivity contribution in [1.82, 2.24) is 14.7 Å². The summed E-state index contributed by atoms with van der Waals surface area (Å²) in [7, 11) is 0. The van der Waals surface area contributed by atoms with Crippen LogP contribution >= 0.6 is 0 Å². The molecule has 2 aliphatic heterocycles. The molecule has 0 N–H and O–H groups in total. The highest BCUT2D eigenvalue weighted by molar-refractivity contribution is 5.82. The lowest BCUT2D eigenvalue weighted by molar-refractivity contribution is -0.145. The van der Waals surface area contributed by atoms with Crippen molar-refractivity contribution in [2.45, 2.75) is 59.3 Å². The molecular weight excluding hydrogens is 306 g/mol. The smallest absolute Gasteiger partial charge is 0.240 e. The highest BCUT2D eigenvalue weighted by Crippen LogP contribution is 2.21. The number of carbonyl (C=O) groups excluding carboxylic acids is 2. The quantitative estimate of drug-likeness (QED) is 0.775. The van der Waals surface area contributed by atoms with E-state index in [2.05, 4.69) is 32.6 Å². The Labute approximate surface area is 146 Å². The molecule has 3 unspecified atom stereocenters. The molecular formula is C18H33N3O3. The summed E-state index contributed by atoms with van der Waals surface area (Å²) in [5.74, 6) is 0.555. The largest absolute Gasteiger partial charge is 0.373 e. The fourth-order valence-electron chi connectivity index (χ4n) is 3.95. The zero-order chi connectivity index (χ0) is 17.9. The van der Waals surface area contributed by atoms with Crippen LogP contribution in [0.2, 0.25) is 0 Å². The number of rotatable bonds is 3. The lowest BCUT2D eigenvalue weighted by Crippen LogP contribution is -2.58. The third-order valence-corrected chi connectivity index (χ3v) is 4.98. The van der Waals surface area contributed by atoms with E-state index in [1.807, 2.05) is 9.80 Å². The fourth-order valence-corrected chi connectivity index (χ4v) is 3.95. The molecule has 0 aromatic heterocycles. The Morgan fingerprint density at radius 1 is 0.958 bits per heavy atom. The van der Waals surface area contributed by atoms with Crippen molar-refractivity contribution < 1.29 is 14.3 Å². The summed E-state index contributed by atoms with van der Waals surface area (Å²) >= 11 is 0. The molecule has 0 saturated carbocycles. The molecule has 6 nitrogen and oxygen atoms in total. The number of carbonyl (C=O) groups is 2. The third kappa shape index (κ3) is 4.70. The molecule has 24 heavy (non-hydrogen) atoms. The Morgan fingerprint density at radius 2 is 1.50 bits per heavy atom. The average Bonchev–Trinajstić information content (AvgIpc) is 2.71. The molecule has 0 bridgehead atoms. The van der Waals surface area contributed by atoms with E-state index in [9.17, 15) is 9.59 Å². The first-order valence-corrected chi connectivity index (χ1v) is 9.23. The monoisotopic (exact) mass is 339 g/mol. The predicted molar refractivity (Wildman–Crippen MR) is 93.7 cm³/mol. The van der Waals surface area contributed by atoms with Crippen molar-refractivity contribution >= 4 is 11.8 Å². The summed E-state index contributed by atoms with van der Waals surface area (Å²) in [5, 5.41) is 0. The summed E-state index contributed by atoms with van der Waals surface area (Å²) in [6.07, 6.45) is 1.16. The highest BCUT2D eigenvalue weighted by atomic mass is 16.5. The minimum atomic E-state index is -0.109.